The van der Waals surface area contributed by atoms with Crippen molar-refractivity contribution in [2.75, 3.05) is 5.32 Å². The van der Waals surface area contributed by atoms with Crippen molar-refractivity contribution in [2.24, 2.45) is 0 Å². The Hall–Kier alpha value is -3.47. The molecule has 0 aliphatic heterocycles. The highest BCUT2D eigenvalue weighted by molar-refractivity contribution is 5.95. The quantitative estimate of drug-likeness (QED) is 0.498. The molecule has 0 unspecified atom stereocenters. The van der Waals surface area contributed by atoms with Crippen molar-refractivity contribution >= 4 is 17.3 Å². The number of para-hydroxylation sites is 1. The number of aromatic carboxylic acids is 1. The zero-order valence-electron chi connectivity index (χ0n) is 14.0. The standard InChI is InChI=1S/C21H19NO4/c23-19-12-9-15(13-20(19)24)6-5-14-7-10-16(11-8-14)22-18-4-2-1-3-17(18)21(25)26/h1-4,7-13,22-24H,5-6H2,(H,25,26). The van der Waals surface area contributed by atoms with Crippen molar-refractivity contribution in [1.29, 1.82) is 0 Å². The summed E-state index contributed by atoms with van der Waals surface area (Å²) in [5, 5.41) is 31.2. The van der Waals surface area contributed by atoms with Gasteiger partial charge in [0.2, 0.25) is 0 Å². The third kappa shape index (κ3) is 4.13. The van der Waals surface area contributed by atoms with E-state index in [1.807, 2.05) is 24.3 Å². The average Bonchev–Trinajstić information content (AvgIpc) is 2.64. The monoisotopic (exact) mass is 349 g/mol. The van der Waals surface area contributed by atoms with Crippen LogP contribution in [-0.2, 0) is 12.8 Å². The second-order valence-electron chi connectivity index (χ2n) is 6.00. The number of phenols is 2. The number of nitrogens with one attached hydrogen (secondary N) is 1. The fourth-order valence-electron chi connectivity index (χ4n) is 2.70. The number of phenolic OH excluding ortho intramolecular Hbond substituents is 2. The van der Waals surface area contributed by atoms with Crippen LogP contribution in [0.2, 0.25) is 0 Å². The largest absolute Gasteiger partial charge is 0.504 e. The summed E-state index contributed by atoms with van der Waals surface area (Å²) in [4.78, 5) is 11.3. The Morgan fingerprint density at radius 1 is 0.808 bits per heavy atom. The normalized spacial score (nSPS) is 10.5. The van der Waals surface area contributed by atoms with Gasteiger partial charge >= 0.3 is 5.97 Å². The summed E-state index contributed by atoms with van der Waals surface area (Å²) in [6.45, 7) is 0. The maximum Gasteiger partial charge on any atom is 0.337 e. The molecule has 4 N–H and O–H groups in total. The lowest BCUT2D eigenvalue weighted by Crippen LogP contribution is -2.02. The Morgan fingerprint density at radius 3 is 2.15 bits per heavy atom. The summed E-state index contributed by atoms with van der Waals surface area (Å²) >= 11 is 0. The number of carboxylic acid groups (broad SMARTS) is 1. The predicted octanol–water partition coefficient (Wildman–Crippen LogP) is 4.32. The van der Waals surface area contributed by atoms with Gasteiger partial charge in [0.15, 0.2) is 11.5 Å². The van der Waals surface area contributed by atoms with Crippen LogP contribution in [0.15, 0.2) is 66.7 Å². The Morgan fingerprint density at radius 2 is 1.46 bits per heavy atom. The first-order valence-corrected chi connectivity index (χ1v) is 8.22. The molecule has 3 aromatic rings. The van der Waals surface area contributed by atoms with Crippen molar-refractivity contribution in [3.63, 3.8) is 0 Å². The molecule has 5 nitrogen and oxygen atoms in total. The van der Waals surface area contributed by atoms with Gasteiger partial charge < -0.3 is 20.6 Å². The van der Waals surface area contributed by atoms with Crippen LogP contribution in [0.5, 0.6) is 11.5 Å². The molecule has 26 heavy (non-hydrogen) atoms. The molecule has 0 fully saturated rings. The number of aromatic hydroxyl groups is 2. The first kappa shape index (κ1) is 17.4. The molecule has 0 amide bonds. The zero-order valence-corrected chi connectivity index (χ0v) is 14.0. The fourth-order valence-corrected chi connectivity index (χ4v) is 2.70. The minimum absolute atomic E-state index is 0.112. The molecular formula is C21H19NO4. The fraction of sp³-hybridized carbons (Fsp3) is 0.0952. The smallest absolute Gasteiger partial charge is 0.337 e. The Labute approximate surface area is 151 Å². The molecule has 0 aliphatic rings. The number of carboxylic acids is 1. The van der Waals surface area contributed by atoms with Crippen molar-refractivity contribution < 1.29 is 20.1 Å². The van der Waals surface area contributed by atoms with E-state index in [9.17, 15) is 20.1 Å². The lowest BCUT2D eigenvalue weighted by atomic mass is 10.0. The van der Waals surface area contributed by atoms with E-state index in [1.165, 1.54) is 6.07 Å². The second-order valence-corrected chi connectivity index (χ2v) is 6.00. The van der Waals surface area contributed by atoms with E-state index in [0.717, 1.165) is 29.7 Å². The molecule has 0 saturated heterocycles. The van der Waals surface area contributed by atoms with E-state index in [-0.39, 0.29) is 17.1 Å². The van der Waals surface area contributed by atoms with Crippen LogP contribution in [0, 0.1) is 0 Å². The number of carbonyl (C=O) groups is 1. The third-order valence-corrected chi connectivity index (χ3v) is 4.13. The number of anilines is 2. The van der Waals surface area contributed by atoms with Gasteiger partial charge in [-0.2, -0.15) is 0 Å². The van der Waals surface area contributed by atoms with Crippen LogP contribution in [0.4, 0.5) is 11.4 Å². The number of hydrogen-bond donors (Lipinski definition) is 4. The molecule has 3 rings (SSSR count). The SMILES string of the molecule is O=C(O)c1ccccc1Nc1ccc(CCc2ccc(O)c(O)c2)cc1. The Balaban J connectivity index is 1.65. The lowest BCUT2D eigenvalue weighted by Gasteiger charge is -2.10. The number of aryl methyl sites for hydroxylation is 2. The van der Waals surface area contributed by atoms with Crippen LogP contribution < -0.4 is 5.32 Å². The molecule has 0 aromatic heterocycles. The maximum atomic E-state index is 11.3. The Kier molecular flexibility index (Phi) is 5.08. The molecule has 0 spiro atoms. The van der Waals surface area contributed by atoms with E-state index < -0.39 is 5.97 Å². The highest BCUT2D eigenvalue weighted by Crippen LogP contribution is 2.26. The van der Waals surface area contributed by atoms with Gasteiger partial charge in [0, 0.05) is 5.69 Å². The van der Waals surface area contributed by atoms with Crippen LogP contribution in [0.3, 0.4) is 0 Å². The van der Waals surface area contributed by atoms with Crippen molar-refractivity contribution in [3.05, 3.63) is 83.4 Å². The van der Waals surface area contributed by atoms with E-state index in [1.54, 1.807) is 36.4 Å². The molecule has 0 saturated carbocycles. The van der Waals surface area contributed by atoms with Gasteiger partial charge in [-0.1, -0.05) is 30.3 Å². The van der Waals surface area contributed by atoms with Crippen LogP contribution >= 0.6 is 0 Å². The molecule has 132 valence electrons. The Bertz CT molecular complexity index is 920. The number of hydrogen-bond acceptors (Lipinski definition) is 4. The average molecular weight is 349 g/mol. The second kappa shape index (κ2) is 7.61. The zero-order chi connectivity index (χ0) is 18.5. The molecule has 0 bridgehead atoms. The van der Waals surface area contributed by atoms with Crippen molar-refractivity contribution in [3.8, 4) is 11.5 Å². The van der Waals surface area contributed by atoms with Crippen LogP contribution in [-0.4, -0.2) is 21.3 Å². The highest BCUT2D eigenvalue weighted by Gasteiger charge is 2.09. The predicted molar refractivity (Wildman–Crippen MR) is 100 cm³/mol. The van der Waals surface area contributed by atoms with E-state index in [0.29, 0.717) is 5.69 Å². The minimum atomic E-state index is -0.970. The number of rotatable bonds is 6. The first-order valence-electron chi connectivity index (χ1n) is 8.22. The molecule has 0 aliphatic carbocycles. The summed E-state index contributed by atoms with van der Waals surface area (Å²) < 4.78 is 0. The summed E-state index contributed by atoms with van der Waals surface area (Å²) in [6.07, 6.45) is 1.53. The maximum absolute atomic E-state index is 11.3. The molecule has 0 atom stereocenters. The van der Waals surface area contributed by atoms with E-state index >= 15 is 0 Å². The van der Waals surface area contributed by atoms with Gasteiger partial charge in [0.05, 0.1) is 11.3 Å². The summed E-state index contributed by atoms with van der Waals surface area (Å²) in [6, 6.07) is 19.4. The van der Waals surface area contributed by atoms with Crippen molar-refractivity contribution in [2.45, 2.75) is 12.8 Å². The lowest BCUT2D eigenvalue weighted by molar-refractivity contribution is 0.0698. The molecule has 0 radical (unpaired) electrons. The summed E-state index contributed by atoms with van der Waals surface area (Å²) in [5.74, 6) is -1.20. The molecular weight excluding hydrogens is 330 g/mol. The van der Waals surface area contributed by atoms with Gasteiger partial charge in [-0.3, -0.25) is 0 Å². The highest BCUT2D eigenvalue weighted by atomic mass is 16.4. The van der Waals surface area contributed by atoms with Gasteiger partial charge in [0.25, 0.3) is 0 Å². The van der Waals surface area contributed by atoms with Gasteiger partial charge in [-0.05, 0) is 60.4 Å². The molecule has 5 heteroatoms. The van der Waals surface area contributed by atoms with Crippen molar-refractivity contribution in [1.82, 2.24) is 0 Å². The summed E-state index contributed by atoms with van der Waals surface area (Å²) in [5.41, 5.74) is 3.65. The van der Waals surface area contributed by atoms with Crippen LogP contribution in [0.25, 0.3) is 0 Å². The van der Waals surface area contributed by atoms with E-state index in [4.69, 9.17) is 0 Å². The molecule has 3 aromatic carbocycles. The topological polar surface area (TPSA) is 89.8 Å². The number of benzene rings is 3. The van der Waals surface area contributed by atoms with Gasteiger partial charge in [-0.25, -0.2) is 4.79 Å². The van der Waals surface area contributed by atoms with E-state index in [2.05, 4.69) is 5.32 Å². The first-order chi connectivity index (χ1) is 12.5. The minimum Gasteiger partial charge on any atom is -0.504 e. The third-order valence-electron chi connectivity index (χ3n) is 4.13. The summed E-state index contributed by atoms with van der Waals surface area (Å²) in [7, 11) is 0. The van der Waals surface area contributed by atoms with Gasteiger partial charge in [0.1, 0.15) is 0 Å². The van der Waals surface area contributed by atoms with Crippen LogP contribution in [0.1, 0.15) is 21.5 Å². The molecule has 0 heterocycles. The van der Waals surface area contributed by atoms with Gasteiger partial charge in [-0.15, -0.1) is 0 Å².